The zero-order chi connectivity index (χ0) is 32.2. The number of alkyl halides is 3. The summed E-state index contributed by atoms with van der Waals surface area (Å²) in [6.07, 6.45) is 6.29. The fourth-order valence-electron chi connectivity index (χ4n) is 8.03. The van der Waals surface area contributed by atoms with Crippen LogP contribution in [0.3, 0.4) is 0 Å². The largest absolute Gasteiger partial charge is 0.494 e. The third-order valence-electron chi connectivity index (χ3n) is 10.7. The van der Waals surface area contributed by atoms with Gasteiger partial charge in [0.25, 0.3) is 5.91 Å². The molecule has 2 atom stereocenters. The topological polar surface area (TPSA) is 52.3 Å². The number of benzene rings is 3. The molecule has 1 saturated heterocycles. The molecule has 2 bridgehead atoms. The van der Waals surface area contributed by atoms with Crippen molar-refractivity contribution in [2.24, 2.45) is 18.4 Å². The second-order valence-corrected chi connectivity index (χ2v) is 13.8. The van der Waals surface area contributed by atoms with Crippen molar-refractivity contribution in [2.45, 2.75) is 44.4 Å². The molecule has 4 aliphatic carbocycles. The van der Waals surface area contributed by atoms with E-state index in [4.69, 9.17) is 9.72 Å². The number of carbonyl (C=O) groups excluding carboxylic acids is 1. The van der Waals surface area contributed by atoms with E-state index >= 15 is 0 Å². The van der Waals surface area contributed by atoms with Gasteiger partial charge in [-0.15, -0.1) is 0 Å². The maximum absolute atomic E-state index is 13.7. The SMILES string of the molecule is COc1cc(C(=O)N2C[C@@]34C=C(CC23)C4)cc2nc(-c3cc4ccc(/C=C/c5ccc(C(F)(F)F)cc5)cc4n3CC3CC3)n(C)c12. The molecule has 3 fully saturated rings. The summed E-state index contributed by atoms with van der Waals surface area (Å²) in [6.45, 7) is 1.65. The van der Waals surface area contributed by atoms with Crippen LogP contribution in [0.25, 0.3) is 45.6 Å². The summed E-state index contributed by atoms with van der Waals surface area (Å²) in [5.41, 5.74) is 6.94. The lowest BCUT2D eigenvalue weighted by Crippen LogP contribution is -2.63. The fourth-order valence-corrected chi connectivity index (χ4v) is 8.03. The number of methoxy groups -OCH3 is 1. The number of amides is 1. The van der Waals surface area contributed by atoms with E-state index in [2.05, 4.69) is 33.4 Å². The molecule has 2 aromatic heterocycles. The minimum absolute atomic E-state index is 0.0364. The number of hydrogen-bond donors (Lipinski definition) is 0. The molecule has 0 radical (unpaired) electrons. The molecule has 9 heteroatoms. The van der Waals surface area contributed by atoms with Gasteiger partial charge in [-0.3, -0.25) is 4.79 Å². The van der Waals surface area contributed by atoms with Gasteiger partial charge in [0.05, 0.1) is 23.9 Å². The first-order valence-corrected chi connectivity index (χ1v) is 16.2. The van der Waals surface area contributed by atoms with Gasteiger partial charge >= 0.3 is 6.18 Å². The average molecular weight is 635 g/mol. The number of aromatic nitrogens is 3. The van der Waals surface area contributed by atoms with Crippen LogP contribution < -0.4 is 4.74 Å². The van der Waals surface area contributed by atoms with Crippen molar-refractivity contribution in [1.29, 1.82) is 0 Å². The molecule has 0 N–H and O–H groups in total. The molecule has 1 amide bonds. The van der Waals surface area contributed by atoms with Gasteiger partial charge in [0.15, 0.2) is 5.82 Å². The Kier molecular flexibility index (Phi) is 5.96. The average Bonchev–Trinajstić information content (AvgIpc) is 3.51. The predicted molar refractivity (Wildman–Crippen MR) is 176 cm³/mol. The number of likely N-dealkylation sites (tertiary alicyclic amines) is 1. The van der Waals surface area contributed by atoms with E-state index in [1.807, 2.05) is 42.3 Å². The summed E-state index contributed by atoms with van der Waals surface area (Å²) in [7, 11) is 3.62. The first-order valence-electron chi connectivity index (χ1n) is 16.2. The van der Waals surface area contributed by atoms with Gasteiger partial charge in [-0.25, -0.2) is 4.98 Å². The highest BCUT2D eigenvalue weighted by Gasteiger charge is 2.62. The fraction of sp³-hybridized carbons (Fsp3) is 0.316. The second-order valence-electron chi connectivity index (χ2n) is 13.8. The summed E-state index contributed by atoms with van der Waals surface area (Å²) in [6, 6.07) is 17.6. The molecule has 1 aliphatic heterocycles. The summed E-state index contributed by atoms with van der Waals surface area (Å²) in [4.78, 5) is 20.8. The predicted octanol–water partition coefficient (Wildman–Crippen LogP) is 8.35. The van der Waals surface area contributed by atoms with Gasteiger partial charge in [-0.05, 0) is 79.1 Å². The van der Waals surface area contributed by atoms with Crippen molar-refractivity contribution in [3.05, 3.63) is 94.6 Å². The summed E-state index contributed by atoms with van der Waals surface area (Å²) < 4.78 is 49.2. The summed E-state index contributed by atoms with van der Waals surface area (Å²) in [5.74, 6) is 2.06. The van der Waals surface area contributed by atoms with Crippen molar-refractivity contribution in [1.82, 2.24) is 19.0 Å². The van der Waals surface area contributed by atoms with Crippen LogP contribution >= 0.6 is 0 Å². The number of rotatable bonds is 7. The Morgan fingerprint density at radius 1 is 1.04 bits per heavy atom. The Hall–Kier alpha value is -4.79. The van der Waals surface area contributed by atoms with Crippen LogP contribution in [-0.2, 0) is 19.8 Å². The molecule has 5 aromatic rings. The second kappa shape index (κ2) is 9.86. The third kappa shape index (κ3) is 4.46. The monoisotopic (exact) mass is 634 g/mol. The Bertz CT molecular complexity index is 2180. The highest BCUT2D eigenvalue weighted by atomic mass is 19.4. The maximum atomic E-state index is 13.7. The van der Waals surface area contributed by atoms with E-state index in [1.54, 1.807) is 7.11 Å². The van der Waals surface area contributed by atoms with Crippen LogP contribution in [-0.4, -0.2) is 44.6 Å². The molecule has 2 saturated carbocycles. The van der Waals surface area contributed by atoms with E-state index in [-0.39, 0.29) is 11.3 Å². The number of imidazole rings is 1. The first kappa shape index (κ1) is 28.4. The van der Waals surface area contributed by atoms with Crippen molar-refractivity contribution in [2.75, 3.05) is 13.7 Å². The number of carbonyl (C=O) groups is 1. The standard InChI is InChI=1S/C38H33F3N4O2/c1-43-34-29(15-27(17-32(34)47-2)36(46)45-21-37-18-25(19-37)14-33(37)45)42-35(43)31-16-26-10-7-23(13-30(26)44(31)20-24-5-6-24)4-3-22-8-11-28(12-9-22)38(39,40)41/h3-4,7-13,15-18,24,33H,5-6,14,19-21H2,1-2H3/b4-3+/t33?,37-/m0/s1. The van der Waals surface area contributed by atoms with Crippen LogP contribution in [0.4, 0.5) is 13.2 Å². The number of halogens is 3. The lowest BCUT2D eigenvalue weighted by molar-refractivity contribution is -0.137. The van der Waals surface area contributed by atoms with Crippen LogP contribution in [0.1, 0.15) is 52.7 Å². The van der Waals surface area contributed by atoms with Gasteiger partial charge in [0.2, 0.25) is 0 Å². The van der Waals surface area contributed by atoms with E-state index in [0.29, 0.717) is 28.8 Å². The van der Waals surface area contributed by atoms with Crippen molar-refractivity contribution in [3.63, 3.8) is 0 Å². The number of aryl methyl sites for hydroxylation is 1. The first-order chi connectivity index (χ1) is 22.6. The van der Waals surface area contributed by atoms with Crippen LogP contribution in [0.2, 0.25) is 0 Å². The van der Waals surface area contributed by atoms with Crippen molar-refractivity contribution >= 4 is 40.0 Å². The van der Waals surface area contributed by atoms with Crippen molar-refractivity contribution in [3.8, 4) is 17.3 Å². The third-order valence-corrected chi connectivity index (χ3v) is 10.7. The molecule has 5 aliphatic rings. The van der Waals surface area contributed by atoms with E-state index < -0.39 is 11.7 Å². The van der Waals surface area contributed by atoms with E-state index in [0.717, 1.165) is 77.1 Å². The summed E-state index contributed by atoms with van der Waals surface area (Å²) >= 11 is 0. The number of ether oxygens (including phenoxy) is 1. The molecule has 3 aromatic carbocycles. The number of fused-ring (bicyclic) bond motifs is 2. The van der Waals surface area contributed by atoms with Gasteiger partial charge in [-0.2, -0.15) is 13.2 Å². The molecular formula is C38H33F3N4O2. The lowest BCUT2D eigenvalue weighted by Gasteiger charge is -2.53. The van der Waals surface area contributed by atoms with Crippen LogP contribution in [0.15, 0.2) is 72.3 Å². The van der Waals surface area contributed by atoms with E-state index in [1.165, 1.54) is 30.5 Å². The minimum atomic E-state index is -4.35. The van der Waals surface area contributed by atoms with Gasteiger partial charge < -0.3 is 18.8 Å². The molecule has 10 rings (SSSR count). The summed E-state index contributed by atoms with van der Waals surface area (Å²) in [5, 5.41) is 1.08. The van der Waals surface area contributed by atoms with Crippen LogP contribution in [0, 0.1) is 11.3 Å². The van der Waals surface area contributed by atoms with Gasteiger partial charge in [0.1, 0.15) is 11.3 Å². The quantitative estimate of drug-likeness (QED) is 0.134. The number of nitrogens with zero attached hydrogens (tertiary/aromatic N) is 4. The normalized spacial score (nSPS) is 21.7. The smallest absolute Gasteiger partial charge is 0.416 e. The molecule has 47 heavy (non-hydrogen) atoms. The Balaban J connectivity index is 1.07. The molecule has 1 spiro atoms. The molecular weight excluding hydrogens is 601 g/mol. The zero-order valence-electron chi connectivity index (χ0n) is 26.1. The Labute approximate surface area is 269 Å². The Morgan fingerprint density at radius 3 is 2.49 bits per heavy atom. The van der Waals surface area contributed by atoms with Gasteiger partial charge in [0, 0.05) is 48.1 Å². The van der Waals surface area contributed by atoms with Crippen LogP contribution in [0.5, 0.6) is 5.75 Å². The highest BCUT2D eigenvalue weighted by molar-refractivity contribution is 6.01. The molecule has 3 heterocycles. The zero-order valence-corrected chi connectivity index (χ0v) is 26.1. The molecule has 1 unspecified atom stereocenters. The van der Waals surface area contributed by atoms with Crippen molar-refractivity contribution < 1.29 is 22.7 Å². The lowest BCUT2D eigenvalue weighted by atomic mass is 9.69. The van der Waals surface area contributed by atoms with E-state index in [9.17, 15) is 18.0 Å². The Morgan fingerprint density at radius 2 is 1.79 bits per heavy atom. The van der Waals surface area contributed by atoms with Gasteiger partial charge in [-0.1, -0.05) is 48.1 Å². The molecule has 238 valence electrons. The highest BCUT2D eigenvalue weighted by Crippen LogP contribution is 2.61. The maximum Gasteiger partial charge on any atom is 0.416 e. The molecule has 6 nitrogen and oxygen atoms in total. The minimum Gasteiger partial charge on any atom is -0.494 e. The number of hydrogen-bond acceptors (Lipinski definition) is 3.